The number of aromatic nitrogens is 2. The highest BCUT2D eigenvalue weighted by Gasteiger charge is 2.15. The number of aryl methyl sites for hydroxylation is 3. The maximum Gasteiger partial charge on any atom is 0.280 e. The first-order chi connectivity index (χ1) is 7.25. The SMILES string of the molecule is Cc1ccc2c(c1)c(=O)nc1n2CCC1. The molecule has 3 rings (SSSR count). The normalized spacial score (nSPS) is 14.5. The van der Waals surface area contributed by atoms with E-state index in [9.17, 15) is 4.79 Å². The molecule has 0 aliphatic carbocycles. The molecule has 0 N–H and O–H groups in total. The quantitative estimate of drug-likeness (QED) is 0.648. The summed E-state index contributed by atoms with van der Waals surface area (Å²) in [6, 6.07) is 6.01. The molecule has 1 aliphatic rings. The van der Waals surface area contributed by atoms with E-state index < -0.39 is 0 Å². The second-order valence-electron chi connectivity index (χ2n) is 4.11. The second-order valence-corrected chi connectivity index (χ2v) is 4.11. The highest BCUT2D eigenvalue weighted by molar-refractivity contribution is 5.79. The summed E-state index contributed by atoms with van der Waals surface area (Å²) in [7, 11) is 0. The van der Waals surface area contributed by atoms with Crippen molar-refractivity contribution in [3.05, 3.63) is 39.9 Å². The van der Waals surface area contributed by atoms with Gasteiger partial charge in [-0.05, 0) is 25.5 Å². The molecule has 0 saturated heterocycles. The molecule has 2 aromatic rings. The Bertz CT molecular complexity index is 598. The molecule has 15 heavy (non-hydrogen) atoms. The first kappa shape index (κ1) is 8.65. The average Bonchev–Trinajstić information content (AvgIpc) is 2.66. The fourth-order valence-corrected chi connectivity index (χ4v) is 2.27. The minimum absolute atomic E-state index is 0.0816. The van der Waals surface area contributed by atoms with Crippen molar-refractivity contribution in [1.82, 2.24) is 9.55 Å². The monoisotopic (exact) mass is 200 g/mol. The minimum Gasteiger partial charge on any atom is -0.329 e. The Morgan fingerprint density at radius 1 is 1.40 bits per heavy atom. The molecule has 76 valence electrons. The summed E-state index contributed by atoms with van der Waals surface area (Å²) in [6.07, 6.45) is 2.03. The van der Waals surface area contributed by atoms with Crippen LogP contribution in [0.1, 0.15) is 17.8 Å². The summed E-state index contributed by atoms with van der Waals surface area (Å²) < 4.78 is 2.16. The molecule has 3 nitrogen and oxygen atoms in total. The third-order valence-electron chi connectivity index (χ3n) is 3.00. The lowest BCUT2D eigenvalue weighted by Gasteiger charge is -2.07. The molecule has 1 aromatic carbocycles. The van der Waals surface area contributed by atoms with Gasteiger partial charge in [0, 0.05) is 13.0 Å². The molecule has 0 spiro atoms. The van der Waals surface area contributed by atoms with E-state index in [1.54, 1.807) is 0 Å². The van der Waals surface area contributed by atoms with Gasteiger partial charge >= 0.3 is 0 Å². The topological polar surface area (TPSA) is 34.9 Å². The molecular weight excluding hydrogens is 188 g/mol. The summed E-state index contributed by atoms with van der Waals surface area (Å²) in [5.41, 5.74) is 2.06. The summed E-state index contributed by atoms with van der Waals surface area (Å²) in [5, 5.41) is 0.751. The van der Waals surface area contributed by atoms with Crippen LogP contribution in [-0.4, -0.2) is 9.55 Å². The third kappa shape index (κ3) is 1.19. The summed E-state index contributed by atoms with van der Waals surface area (Å²) in [4.78, 5) is 15.9. The first-order valence-electron chi connectivity index (χ1n) is 5.26. The third-order valence-corrected chi connectivity index (χ3v) is 3.00. The Morgan fingerprint density at radius 2 is 2.27 bits per heavy atom. The van der Waals surface area contributed by atoms with E-state index in [2.05, 4.69) is 9.55 Å². The number of nitrogens with zero attached hydrogens (tertiary/aromatic N) is 2. The van der Waals surface area contributed by atoms with Crippen molar-refractivity contribution < 1.29 is 0 Å². The Hall–Kier alpha value is -1.64. The zero-order valence-corrected chi connectivity index (χ0v) is 8.66. The van der Waals surface area contributed by atoms with Crippen molar-refractivity contribution in [1.29, 1.82) is 0 Å². The van der Waals surface area contributed by atoms with Crippen molar-refractivity contribution >= 4 is 10.9 Å². The van der Waals surface area contributed by atoms with Gasteiger partial charge in [-0.15, -0.1) is 0 Å². The van der Waals surface area contributed by atoms with Gasteiger partial charge in [-0.2, -0.15) is 4.98 Å². The van der Waals surface area contributed by atoms with E-state index in [1.807, 2.05) is 25.1 Å². The molecule has 1 aromatic heterocycles. The second kappa shape index (κ2) is 2.92. The lowest BCUT2D eigenvalue weighted by atomic mass is 10.1. The first-order valence-corrected chi connectivity index (χ1v) is 5.26. The number of benzene rings is 1. The number of rotatable bonds is 0. The lowest BCUT2D eigenvalue weighted by Crippen LogP contribution is -2.14. The van der Waals surface area contributed by atoms with Gasteiger partial charge in [0.2, 0.25) is 0 Å². The van der Waals surface area contributed by atoms with Crippen LogP contribution in [0, 0.1) is 6.92 Å². The van der Waals surface area contributed by atoms with Crippen molar-refractivity contribution in [2.75, 3.05) is 0 Å². The van der Waals surface area contributed by atoms with E-state index in [0.29, 0.717) is 0 Å². The van der Waals surface area contributed by atoms with Crippen LogP contribution in [0.2, 0.25) is 0 Å². The molecule has 2 heterocycles. The van der Waals surface area contributed by atoms with Crippen LogP contribution >= 0.6 is 0 Å². The van der Waals surface area contributed by atoms with E-state index in [-0.39, 0.29) is 5.56 Å². The molecule has 0 fully saturated rings. The van der Waals surface area contributed by atoms with Gasteiger partial charge in [0.25, 0.3) is 5.56 Å². The van der Waals surface area contributed by atoms with Crippen LogP contribution < -0.4 is 5.56 Å². The van der Waals surface area contributed by atoms with Gasteiger partial charge in [0.15, 0.2) is 0 Å². The van der Waals surface area contributed by atoms with Crippen molar-refractivity contribution in [2.45, 2.75) is 26.3 Å². The smallest absolute Gasteiger partial charge is 0.280 e. The summed E-state index contributed by atoms with van der Waals surface area (Å²) >= 11 is 0. The number of fused-ring (bicyclic) bond motifs is 3. The fourth-order valence-electron chi connectivity index (χ4n) is 2.27. The van der Waals surface area contributed by atoms with Crippen molar-refractivity contribution in [3.63, 3.8) is 0 Å². The number of hydrogen-bond donors (Lipinski definition) is 0. The Kier molecular flexibility index (Phi) is 1.69. The molecule has 3 heteroatoms. The Morgan fingerprint density at radius 3 is 3.13 bits per heavy atom. The zero-order chi connectivity index (χ0) is 10.4. The molecule has 0 saturated carbocycles. The molecule has 0 radical (unpaired) electrons. The standard InChI is InChI=1S/C12H12N2O/c1-8-4-5-10-9(7-8)12(15)13-11-3-2-6-14(10)11/h4-5,7H,2-3,6H2,1H3. The van der Waals surface area contributed by atoms with E-state index >= 15 is 0 Å². The molecule has 0 atom stereocenters. The van der Waals surface area contributed by atoms with Gasteiger partial charge in [-0.3, -0.25) is 4.79 Å². The lowest BCUT2D eigenvalue weighted by molar-refractivity contribution is 0.762. The maximum absolute atomic E-state index is 11.8. The molecule has 1 aliphatic heterocycles. The summed E-state index contributed by atoms with van der Waals surface area (Å²) in [6.45, 7) is 2.99. The minimum atomic E-state index is -0.0816. The zero-order valence-electron chi connectivity index (χ0n) is 8.66. The Balaban J connectivity index is 2.50. The van der Waals surface area contributed by atoms with Crippen LogP contribution in [0.5, 0.6) is 0 Å². The van der Waals surface area contributed by atoms with Crippen LogP contribution in [0.15, 0.2) is 23.0 Å². The van der Waals surface area contributed by atoms with Gasteiger partial charge in [-0.1, -0.05) is 11.6 Å². The Labute approximate surface area is 87.4 Å². The van der Waals surface area contributed by atoms with Crippen LogP contribution in [0.25, 0.3) is 10.9 Å². The maximum atomic E-state index is 11.8. The largest absolute Gasteiger partial charge is 0.329 e. The van der Waals surface area contributed by atoms with Crippen molar-refractivity contribution in [2.24, 2.45) is 0 Å². The van der Waals surface area contributed by atoms with Crippen LogP contribution in [0.4, 0.5) is 0 Å². The average molecular weight is 200 g/mol. The summed E-state index contributed by atoms with van der Waals surface area (Å²) in [5.74, 6) is 0.941. The van der Waals surface area contributed by atoms with E-state index in [1.165, 1.54) is 0 Å². The predicted molar refractivity (Wildman–Crippen MR) is 59.1 cm³/mol. The molecule has 0 unspecified atom stereocenters. The van der Waals surface area contributed by atoms with Gasteiger partial charge < -0.3 is 4.57 Å². The highest BCUT2D eigenvalue weighted by Crippen LogP contribution is 2.19. The van der Waals surface area contributed by atoms with Gasteiger partial charge in [0.1, 0.15) is 5.82 Å². The van der Waals surface area contributed by atoms with Gasteiger partial charge in [-0.25, -0.2) is 0 Å². The van der Waals surface area contributed by atoms with Gasteiger partial charge in [0.05, 0.1) is 10.9 Å². The predicted octanol–water partition coefficient (Wildman–Crippen LogP) is 1.65. The molecule has 0 bridgehead atoms. The van der Waals surface area contributed by atoms with Crippen LogP contribution in [-0.2, 0) is 13.0 Å². The molecule has 0 amide bonds. The van der Waals surface area contributed by atoms with Crippen molar-refractivity contribution in [3.8, 4) is 0 Å². The number of hydrogen-bond acceptors (Lipinski definition) is 2. The fraction of sp³-hybridized carbons (Fsp3) is 0.333. The van der Waals surface area contributed by atoms with E-state index in [0.717, 1.165) is 41.7 Å². The van der Waals surface area contributed by atoms with E-state index in [4.69, 9.17) is 0 Å². The highest BCUT2D eigenvalue weighted by atomic mass is 16.1. The molecular formula is C12H12N2O. The van der Waals surface area contributed by atoms with Crippen LogP contribution in [0.3, 0.4) is 0 Å².